The van der Waals surface area contributed by atoms with Crippen molar-refractivity contribution < 1.29 is 37.0 Å². The van der Waals surface area contributed by atoms with Crippen LogP contribution in [0.2, 0.25) is 5.02 Å². The molecule has 0 radical (unpaired) electrons. The van der Waals surface area contributed by atoms with Gasteiger partial charge in [0, 0.05) is 13.1 Å². The molecule has 0 spiro atoms. The summed E-state index contributed by atoms with van der Waals surface area (Å²) in [5.41, 5.74) is -0.374. The first kappa shape index (κ1) is 18.7. The highest BCUT2D eigenvalue weighted by Gasteiger charge is 2.37. The van der Waals surface area contributed by atoms with E-state index in [1.807, 2.05) is 0 Å². The van der Waals surface area contributed by atoms with E-state index < -0.39 is 30.4 Å². The van der Waals surface area contributed by atoms with E-state index in [0.29, 0.717) is 5.01 Å². The number of hydrogen-bond acceptors (Lipinski definition) is 5. The monoisotopic (exact) mass is 356 g/mol. The third-order valence-corrected chi connectivity index (χ3v) is 2.62. The highest BCUT2D eigenvalue weighted by molar-refractivity contribution is 6.32. The zero-order chi connectivity index (χ0) is 17.8. The Hall–Kier alpha value is -2.36. The van der Waals surface area contributed by atoms with Gasteiger partial charge < -0.3 is 9.84 Å². The maximum absolute atomic E-state index is 13.8. The lowest BCUT2D eigenvalue weighted by molar-refractivity contribution is -0.162. The summed E-state index contributed by atoms with van der Waals surface area (Å²) in [6, 6.07) is 1.71. The number of carboxylic acids is 1. The first-order valence-electron chi connectivity index (χ1n) is 5.75. The molecule has 23 heavy (non-hydrogen) atoms. The molecule has 1 aromatic rings. The second kappa shape index (κ2) is 7.27. The van der Waals surface area contributed by atoms with Crippen LogP contribution in [0.25, 0.3) is 0 Å². The van der Waals surface area contributed by atoms with Crippen LogP contribution in [0.15, 0.2) is 17.2 Å². The van der Waals surface area contributed by atoms with Crippen LogP contribution in [0.4, 0.5) is 23.2 Å². The number of hydrogen-bond donors (Lipinski definition) is 1. The van der Waals surface area contributed by atoms with E-state index in [-0.39, 0.29) is 22.7 Å². The zero-order valence-electron chi connectivity index (χ0n) is 11.4. The standard InChI is InChI=1S/C12H9ClF4N2O4/c1-19(18-4-10(20)12(15,16)17)8-3-9(23-5-11(21)22)6(13)2-7(8)14/h2-4H,5H2,1H3,(H,21,22)/b18-4-. The predicted molar refractivity (Wildman–Crippen MR) is 72.5 cm³/mol. The number of alkyl halides is 3. The summed E-state index contributed by atoms with van der Waals surface area (Å²) in [5, 5.41) is 12.1. The molecule has 1 aromatic carbocycles. The molecule has 11 heteroatoms. The van der Waals surface area contributed by atoms with Crippen molar-refractivity contribution in [2.75, 3.05) is 18.7 Å². The van der Waals surface area contributed by atoms with Gasteiger partial charge in [-0.3, -0.25) is 9.80 Å². The first-order valence-corrected chi connectivity index (χ1v) is 6.12. The number of benzene rings is 1. The van der Waals surface area contributed by atoms with Crippen molar-refractivity contribution in [1.82, 2.24) is 0 Å². The van der Waals surface area contributed by atoms with Gasteiger partial charge in [0.05, 0.1) is 10.7 Å². The number of rotatable bonds is 6. The molecular weight excluding hydrogens is 348 g/mol. The van der Waals surface area contributed by atoms with Crippen LogP contribution < -0.4 is 9.75 Å². The summed E-state index contributed by atoms with van der Waals surface area (Å²) in [6.45, 7) is -0.760. The topological polar surface area (TPSA) is 79.2 Å². The molecule has 0 saturated carbocycles. The number of hydrazone groups is 1. The molecule has 0 atom stereocenters. The fourth-order valence-corrected chi connectivity index (χ4v) is 1.50. The molecule has 0 unspecified atom stereocenters. The highest BCUT2D eigenvalue weighted by atomic mass is 35.5. The Labute approximate surface area is 131 Å². The number of anilines is 1. The van der Waals surface area contributed by atoms with E-state index in [1.165, 1.54) is 0 Å². The minimum Gasteiger partial charge on any atom is -0.480 e. The number of carbonyl (C=O) groups excluding carboxylic acids is 1. The van der Waals surface area contributed by atoms with Gasteiger partial charge in [-0.1, -0.05) is 11.6 Å². The summed E-state index contributed by atoms with van der Waals surface area (Å²) in [7, 11) is 1.08. The molecule has 0 saturated heterocycles. The van der Waals surface area contributed by atoms with Gasteiger partial charge in [0.1, 0.15) is 17.8 Å². The number of ketones is 1. The maximum Gasteiger partial charge on any atom is 0.455 e. The molecule has 0 amide bonds. The third-order valence-electron chi connectivity index (χ3n) is 2.33. The van der Waals surface area contributed by atoms with Crippen LogP contribution in [0.1, 0.15) is 0 Å². The second-order valence-electron chi connectivity index (χ2n) is 4.05. The van der Waals surface area contributed by atoms with Gasteiger partial charge in [0.2, 0.25) is 0 Å². The molecule has 0 bridgehead atoms. The van der Waals surface area contributed by atoms with Crippen LogP contribution in [0.3, 0.4) is 0 Å². The quantitative estimate of drug-likeness (QED) is 0.481. The molecule has 0 aliphatic heterocycles. The van der Waals surface area contributed by atoms with Gasteiger partial charge in [0.25, 0.3) is 5.78 Å². The first-order chi connectivity index (χ1) is 10.5. The van der Waals surface area contributed by atoms with Gasteiger partial charge in [-0.2, -0.15) is 18.3 Å². The summed E-state index contributed by atoms with van der Waals surface area (Å²) in [6.07, 6.45) is -5.12. The lowest BCUT2D eigenvalue weighted by Crippen LogP contribution is -2.25. The van der Waals surface area contributed by atoms with E-state index >= 15 is 0 Å². The molecule has 1 N–H and O–H groups in total. The average molecular weight is 357 g/mol. The lowest BCUT2D eigenvalue weighted by atomic mass is 10.3. The number of nitrogens with zero attached hydrogens (tertiary/aromatic N) is 2. The van der Waals surface area contributed by atoms with Crippen molar-refractivity contribution in [2.45, 2.75) is 6.18 Å². The van der Waals surface area contributed by atoms with Crippen LogP contribution in [-0.4, -0.2) is 42.9 Å². The molecule has 6 nitrogen and oxygen atoms in total. The number of carbonyl (C=O) groups is 2. The van der Waals surface area contributed by atoms with Crippen LogP contribution in [-0.2, 0) is 9.59 Å². The smallest absolute Gasteiger partial charge is 0.455 e. The maximum atomic E-state index is 13.8. The number of aliphatic carboxylic acids is 1. The van der Waals surface area contributed by atoms with Gasteiger partial charge in [-0.05, 0) is 6.07 Å². The minimum absolute atomic E-state index is 0.0220. The Morgan fingerprint density at radius 1 is 1.43 bits per heavy atom. The van der Waals surface area contributed by atoms with E-state index in [1.54, 1.807) is 0 Å². The fourth-order valence-electron chi connectivity index (χ4n) is 1.29. The van der Waals surface area contributed by atoms with Crippen molar-refractivity contribution in [2.24, 2.45) is 5.10 Å². The lowest BCUT2D eigenvalue weighted by Gasteiger charge is -2.16. The number of Topliss-reactive ketones (excluding diaryl/α,β-unsaturated/α-hetero) is 1. The molecule has 0 heterocycles. The highest BCUT2D eigenvalue weighted by Crippen LogP contribution is 2.32. The SMILES string of the molecule is CN(/N=C\C(=O)C(F)(F)F)c1cc(OCC(=O)O)c(Cl)cc1F. The largest absolute Gasteiger partial charge is 0.480 e. The zero-order valence-corrected chi connectivity index (χ0v) is 12.2. The molecular formula is C12H9ClF4N2O4. The average Bonchev–Trinajstić information content (AvgIpc) is 2.42. The van der Waals surface area contributed by atoms with Gasteiger partial charge in [-0.15, -0.1) is 0 Å². The number of carboxylic acid groups (broad SMARTS) is 1. The van der Waals surface area contributed by atoms with Gasteiger partial charge >= 0.3 is 12.1 Å². The molecule has 126 valence electrons. The Morgan fingerprint density at radius 2 is 2.04 bits per heavy atom. The number of ether oxygens (including phenoxy) is 1. The van der Waals surface area contributed by atoms with Crippen LogP contribution in [0.5, 0.6) is 5.75 Å². The van der Waals surface area contributed by atoms with E-state index in [0.717, 1.165) is 19.2 Å². The minimum atomic E-state index is -5.10. The van der Waals surface area contributed by atoms with Gasteiger partial charge in [0.15, 0.2) is 6.61 Å². The molecule has 0 aromatic heterocycles. The molecule has 1 rings (SSSR count). The van der Waals surface area contributed by atoms with E-state index in [9.17, 15) is 27.2 Å². The van der Waals surface area contributed by atoms with Gasteiger partial charge in [-0.25, -0.2) is 9.18 Å². The van der Waals surface area contributed by atoms with Crippen molar-refractivity contribution in [3.05, 3.63) is 23.0 Å². The fraction of sp³-hybridized carbons (Fsp3) is 0.250. The number of halogens is 5. The van der Waals surface area contributed by atoms with Crippen molar-refractivity contribution in [3.63, 3.8) is 0 Å². The Morgan fingerprint density at radius 3 is 2.57 bits per heavy atom. The van der Waals surface area contributed by atoms with Crippen molar-refractivity contribution in [1.29, 1.82) is 0 Å². The second-order valence-corrected chi connectivity index (χ2v) is 4.45. The Bertz CT molecular complexity index is 649. The predicted octanol–water partition coefficient (Wildman–Crippen LogP) is 2.50. The van der Waals surface area contributed by atoms with E-state index in [4.69, 9.17) is 21.4 Å². The van der Waals surface area contributed by atoms with Crippen molar-refractivity contribution >= 4 is 35.3 Å². The normalized spacial score (nSPS) is 11.6. The third kappa shape index (κ3) is 5.40. The molecule has 0 aliphatic carbocycles. The van der Waals surface area contributed by atoms with Crippen LogP contribution in [0, 0.1) is 5.82 Å². The Balaban J connectivity index is 3.02. The summed E-state index contributed by atoms with van der Waals surface area (Å²) >= 11 is 5.66. The summed E-state index contributed by atoms with van der Waals surface area (Å²) in [4.78, 5) is 21.1. The molecule has 0 aliphatic rings. The summed E-state index contributed by atoms with van der Waals surface area (Å²) < 4.78 is 54.7. The van der Waals surface area contributed by atoms with Crippen molar-refractivity contribution in [3.8, 4) is 5.75 Å². The van der Waals surface area contributed by atoms with E-state index in [2.05, 4.69) is 5.10 Å². The summed E-state index contributed by atoms with van der Waals surface area (Å²) in [5.74, 6) is -4.71. The van der Waals surface area contributed by atoms with Crippen LogP contribution >= 0.6 is 11.6 Å². The Kier molecular flexibility index (Phi) is 5.91. The molecule has 0 fully saturated rings.